The summed E-state index contributed by atoms with van der Waals surface area (Å²) in [4.78, 5) is 21.3. The van der Waals surface area contributed by atoms with Gasteiger partial charge in [-0.25, -0.2) is 4.98 Å². The van der Waals surface area contributed by atoms with Crippen LogP contribution >= 0.6 is 0 Å². The number of hydrogen-bond acceptors (Lipinski definition) is 5. The fourth-order valence-corrected chi connectivity index (χ4v) is 3.20. The highest BCUT2D eigenvalue weighted by molar-refractivity contribution is 5.97. The van der Waals surface area contributed by atoms with Crippen LogP contribution in [0.15, 0.2) is 71.4 Å². The normalized spacial score (nSPS) is 11.9. The summed E-state index contributed by atoms with van der Waals surface area (Å²) in [5, 5.41) is 3.07. The molecule has 2 aromatic heterocycles. The Morgan fingerprint density at radius 3 is 2.72 bits per heavy atom. The summed E-state index contributed by atoms with van der Waals surface area (Å²) in [5.74, 6) is 1.06. The first-order valence-corrected chi connectivity index (χ1v) is 9.43. The lowest BCUT2D eigenvalue weighted by Gasteiger charge is -2.17. The van der Waals surface area contributed by atoms with Crippen LogP contribution in [0, 0.1) is 0 Å². The zero-order valence-corrected chi connectivity index (χ0v) is 16.3. The molecule has 1 amide bonds. The van der Waals surface area contributed by atoms with E-state index in [4.69, 9.17) is 9.15 Å². The van der Waals surface area contributed by atoms with Crippen LogP contribution in [0.5, 0.6) is 5.75 Å². The molecule has 2 heterocycles. The van der Waals surface area contributed by atoms with Gasteiger partial charge in [-0.2, -0.15) is 0 Å². The Labute approximate surface area is 168 Å². The standard InChI is InChI=1S/C23H21N3O3/c1-3-19(15-9-11-24-12-10-15)25-22(27)16-7-8-20-21(14-16)29-23(26-20)17-5-4-6-18(13-17)28-2/h4-14,19H,3H2,1-2H3,(H,25,27)/t19-/m1/s1. The number of nitrogens with one attached hydrogen (secondary N) is 1. The molecule has 6 nitrogen and oxygen atoms in total. The number of carbonyl (C=O) groups excluding carboxylic acids is 1. The molecule has 1 atom stereocenters. The summed E-state index contributed by atoms with van der Waals surface area (Å²) >= 11 is 0. The van der Waals surface area contributed by atoms with Crippen LogP contribution in [-0.2, 0) is 0 Å². The molecule has 29 heavy (non-hydrogen) atoms. The Bertz CT molecular complexity index is 1140. The van der Waals surface area contributed by atoms with Crippen LogP contribution < -0.4 is 10.1 Å². The number of fused-ring (bicyclic) bond motifs is 1. The molecule has 0 radical (unpaired) electrons. The molecule has 0 aliphatic heterocycles. The van der Waals surface area contributed by atoms with Crippen LogP contribution in [0.3, 0.4) is 0 Å². The molecule has 6 heteroatoms. The van der Waals surface area contributed by atoms with Gasteiger partial charge in [0.15, 0.2) is 5.58 Å². The molecule has 0 aliphatic rings. The summed E-state index contributed by atoms with van der Waals surface area (Å²) < 4.78 is 11.2. The third-order valence-corrected chi connectivity index (χ3v) is 4.79. The van der Waals surface area contributed by atoms with Gasteiger partial charge in [0.1, 0.15) is 11.3 Å². The van der Waals surface area contributed by atoms with Gasteiger partial charge in [-0.05, 0) is 60.5 Å². The van der Waals surface area contributed by atoms with Crippen molar-refractivity contribution >= 4 is 17.0 Å². The summed E-state index contributed by atoms with van der Waals surface area (Å²) in [6.45, 7) is 2.03. The molecule has 4 rings (SSSR count). The van der Waals surface area contributed by atoms with E-state index in [-0.39, 0.29) is 11.9 Å². The maximum atomic E-state index is 12.8. The number of aromatic nitrogens is 2. The average Bonchev–Trinajstić information content (AvgIpc) is 3.21. The quantitative estimate of drug-likeness (QED) is 0.515. The lowest BCUT2D eigenvalue weighted by atomic mass is 10.1. The first kappa shape index (κ1) is 18.7. The molecule has 0 aliphatic carbocycles. The van der Waals surface area contributed by atoms with Gasteiger partial charge >= 0.3 is 0 Å². The van der Waals surface area contributed by atoms with Crippen molar-refractivity contribution in [2.24, 2.45) is 0 Å². The van der Waals surface area contributed by atoms with Crippen LogP contribution in [0.4, 0.5) is 0 Å². The number of benzene rings is 2. The van der Waals surface area contributed by atoms with Gasteiger partial charge in [0.2, 0.25) is 5.89 Å². The van der Waals surface area contributed by atoms with Gasteiger partial charge in [-0.1, -0.05) is 13.0 Å². The van der Waals surface area contributed by atoms with Crippen LogP contribution in [-0.4, -0.2) is 23.0 Å². The van der Waals surface area contributed by atoms with Gasteiger partial charge in [0.05, 0.1) is 13.2 Å². The maximum Gasteiger partial charge on any atom is 0.251 e. The van der Waals surface area contributed by atoms with Gasteiger partial charge in [-0.3, -0.25) is 9.78 Å². The molecule has 2 aromatic carbocycles. The van der Waals surface area contributed by atoms with Gasteiger partial charge in [-0.15, -0.1) is 0 Å². The molecule has 0 fully saturated rings. The van der Waals surface area contributed by atoms with Gasteiger partial charge < -0.3 is 14.5 Å². The number of amides is 1. The predicted molar refractivity (Wildman–Crippen MR) is 111 cm³/mol. The van der Waals surface area contributed by atoms with Crippen molar-refractivity contribution in [1.29, 1.82) is 0 Å². The lowest BCUT2D eigenvalue weighted by molar-refractivity contribution is 0.0935. The summed E-state index contributed by atoms with van der Waals surface area (Å²) in [6.07, 6.45) is 4.23. The second-order valence-electron chi connectivity index (χ2n) is 6.65. The Morgan fingerprint density at radius 2 is 1.97 bits per heavy atom. The fourth-order valence-electron chi connectivity index (χ4n) is 3.20. The molecular formula is C23H21N3O3. The van der Waals surface area contributed by atoms with Crippen LogP contribution in [0.25, 0.3) is 22.6 Å². The monoisotopic (exact) mass is 387 g/mol. The van der Waals surface area contributed by atoms with E-state index in [2.05, 4.69) is 15.3 Å². The maximum absolute atomic E-state index is 12.8. The lowest BCUT2D eigenvalue weighted by Crippen LogP contribution is -2.28. The molecule has 0 bridgehead atoms. The van der Waals surface area contributed by atoms with Crippen molar-refractivity contribution in [2.45, 2.75) is 19.4 Å². The molecular weight excluding hydrogens is 366 g/mol. The highest BCUT2D eigenvalue weighted by atomic mass is 16.5. The van der Waals surface area contributed by atoms with Crippen molar-refractivity contribution in [1.82, 2.24) is 15.3 Å². The van der Waals surface area contributed by atoms with E-state index < -0.39 is 0 Å². The van der Waals surface area contributed by atoms with Gasteiger partial charge in [0.25, 0.3) is 5.91 Å². The van der Waals surface area contributed by atoms with E-state index in [1.165, 1.54) is 0 Å². The third-order valence-electron chi connectivity index (χ3n) is 4.79. The number of pyridine rings is 1. The van der Waals surface area contributed by atoms with Crippen molar-refractivity contribution < 1.29 is 13.9 Å². The highest BCUT2D eigenvalue weighted by Crippen LogP contribution is 2.27. The van der Waals surface area contributed by atoms with E-state index in [1.54, 1.807) is 37.7 Å². The SMILES string of the molecule is CC[C@@H](NC(=O)c1ccc2nc(-c3cccc(OC)c3)oc2c1)c1ccncc1. The van der Waals surface area contributed by atoms with Crippen molar-refractivity contribution in [3.05, 3.63) is 78.1 Å². The number of carbonyl (C=O) groups is 1. The second-order valence-corrected chi connectivity index (χ2v) is 6.65. The Morgan fingerprint density at radius 1 is 1.14 bits per heavy atom. The largest absolute Gasteiger partial charge is 0.497 e. The summed E-state index contributed by atoms with van der Waals surface area (Å²) in [5.41, 5.74) is 3.62. The van der Waals surface area contributed by atoms with E-state index in [0.717, 1.165) is 23.3 Å². The minimum atomic E-state index is -0.158. The Kier molecular flexibility index (Phi) is 5.24. The molecule has 1 N–H and O–H groups in total. The van der Waals surface area contributed by atoms with E-state index in [9.17, 15) is 4.79 Å². The van der Waals surface area contributed by atoms with Crippen molar-refractivity contribution in [3.8, 4) is 17.2 Å². The zero-order valence-electron chi connectivity index (χ0n) is 16.3. The Hall–Kier alpha value is -3.67. The average molecular weight is 387 g/mol. The minimum absolute atomic E-state index is 0.0803. The molecule has 0 saturated heterocycles. The number of nitrogens with zero attached hydrogens (tertiary/aromatic N) is 2. The molecule has 0 spiro atoms. The first-order valence-electron chi connectivity index (χ1n) is 9.43. The zero-order chi connectivity index (χ0) is 20.2. The number of ether oxygens (including phenoxy) is 1. The van der Waals surface area contributed by atoms with Gasteiger partial charge in [0, 0.05) is 23.5 Å². The first-order chi connectivity index (χ1) is 14.2. The smallest absolute Gasteiger partial charge is 0.251 e. The Balaban J connectivity index is 1.59. The molecule has 0 unspecified atom stereocenters. The molecule has 0 saturated carbocycles. The summed E-state index contributed by atoms with van der Waals surface area (Å²) in [7, 11) is 1.62. The topological polar surface area (TPSA) is 77.2 Å². The fraction of sp³-hybridized carbons (Fsp3) is 0.174. The number of methoxy groups -OCH3 is 1. The van der Waals surface area contributed by atoms with Crippen LogP contribution in [0.1, 0.15) is 35.3 Å². The number of oxazole rings is 1. The minimum Gasteiger partial charge on any atom is -0.497 e. The van der Waals surface area contributed by atoms with Crippen molar-refractivity contribution in [2.75, 3.05) is 7.11 Å². The third kappa shape index (κ3) is 3.96. The van der Waals surface area contributed by atoms with Crippen LogP contribution in [0.2, 0.25) is 0 Å². The van der Waals surface area contributed by atoms with E-state index in [0.29, 0.717) is 22.6 Å². The number of rotatable bonds is 6. The van der Waals surface area contributed by atoms with E-state index >= 15 is 0 Å². The number of hydrogen-bond donors (Lipinski definition) is 1. The molecule has 146 valence electrons. The highest BCUT2D eigenvalue weighted by Gasteiger charge is 2.16. The summed E-state index contributed by atoms with van der Waals surface area (Å²) in [6, 6.07) is 16.5. The predicted octanol–water partition coefficient (Wildman–Crippen LogP) is 4.78. The van der Waals surface area contributed by atoms with Crippen molar-refractivity contribution in [3.63, 3.8) is 0 Å². The second kappa shape index (κ2) is 8.14. The molecule has 4 aromatic rings. The van der Waals surface area contributed by atoms with E-state index in [1.807, 2.05) is 43.3 Å².